The van der Waals surface area contributed by atoms with Gasteiger partial charge < -0.3 is 23.4 Å². The molecule has 7 heteroatoms. The minimum atomic E-state index is -1.02. The Hall–Kier alpha value is -3.48. The van der Waals surface area contributed by atoms with Crippen molar-refractivity contribution >= 4 is 16.9 Å². The number of esters is 1. The SMILES string of the molecule is CCOC(=O)C1Oc2c(c(=O)oc3ccccc23)C1c1ccc(OC)c(OC)c1. The molecular weight excluding hydrogens is 376 g/mol. The average Bonchev–Trinajstić information content (AvgIpc) is 3.15. The van der Waals surface area contributed by atoms with Gasteiger partial charge in [0.15, 0.2) is 11.5 Å². The molecule has 0 radical (unpaired) electrons. The first kappa shape index (κ1) is 18.9. The highest BCUT2D eigenvalue weighted by Gasteiger charge is 2.45. The summed E-state index contributed by atoms with van der Waals surface area (Å²) in [5, 5.41) is 0.624. The lowest BCUT2D eigenvalue weighted by Crippen LogP contribution is -2.32. The number of ether oxygens (including phenoxy) is 4. The third-order valence-corrected chi connectivity index (χ3v) is 4.94. The van der Waals surface area contributed by atoms with Gasteiger partial charge in [-0.25, -0.2) is 9.59 Å². The van der Waals surface area contributed by atoms with E-state index in [0.717, 1.165) is 0 Å². The van der Waals surface area contributed by atoms with Gasteiger partial charge >= 0.3 is 11.6 Å². The van der Waals surface area contributed by atoms with Crippen LogP contribution in [0, 0.1) is 0 Å². The van der Waals surface area contributed by atoms with E-state index in [-0.39, 0.29) is 12.2 Å². The summed E-state index contributed by atoms with van der Waals surface area (Å²) in [6.45, 7) is 1.91. The maximum absolute atomic E-state index is 12.9. The number of methoxy groups -OCH3 is 2. The third-order valence-electron chi connectivity index (χ3n) is 4.94. The van der Waals surface area contributed by atoms with Crippen molar-refractivity contribution in [2.75, 3.05) is 20.8 Å². The van der Waals surface area contributed by atoms with Crippen LogP contribution in [0.2, 0.25) is 0 Å². The second-order valence-electron chi connectivity index (χ2n) is 6.51. The number of hydrogen-bond acceptors (Lipinski definition) is 7. The van der Waals surface area contributed by atoms with Crippen LogP contribution in [0.25, 0.3) is 11.0 Å². The fraction of sp³-hybridized carbons (Fsp3) is 0.273. The Kier molecular flexibility index (Phi) is 4.88. The van der Waals surface area contributed by atoms with Crippen molar-refractivity contribution < 1.29 is 28.2 Å². The molecule has 1 aliphatic rings. The third kappa shape index (κ3) is 3.08. The molecule has 0 saturated heterocycles. The molecule has 0 fully saturated rings. The molecule has 7 nitrogen and oxygen atoms in total. The predicted octanol–water partition coefficient (Wildman–Crippen LogP) is 3.27. The van der Waals surface area contributed by atoms with Crippen molar-refractivity contribution in [1.82, 2.24) is 0 Å². The molecule has 0 N–H and O–H groups in total. The molecule has 2 unspecified atom stereocenters. The molecular formula is C22H20O7. The van der Waals surface area contributed by atoms with Crippen molar-refractivity contribution in [2.24, 2.45) is 0 Å². The van der Waals surface area contributed by atoms with Gasteiger partial charge in [0.05, 0.1) is 37.7 Å². The van der Waals surface area contributed by atoms with E-state index in [1.807, 2.05) is 6.07 Å². The van der Waals surface area contributed by atoms with Crippen LogP contribution in [-0.2, 0) is 9.53 Å². The van der Waals surface area contributed by atoms with E-state index in [2.05, 4.69) is 0 Å². The Morgan fingerprint density at radius 2 is 1.83 bits per heavy atom. The summed E-state index contributed by atoms with van der Waals surface area (Å²) in [4.78, 5) is 25.5. The smallest absolute Gasteiger partial charge is 0.348 e. The molecule has 2 aromatic carbocycles. The number of rotatable bonds is 5. The van der Waals surface area contributed by atoms with Crippen LogP contribution >= 0.6 is 0 Å². The molecule has 0 bridgehead atoms. The standard InChI is InChI=1S/C22H20O7/c1-4-27-22(24)20-17(12-9-10-15(25-2)16(11-12)26-3)18-19(29-20)13-7-5-6-8-14(13)28-21(18)23/h5-11,17,20H,4H2,1-3H3. The van der Waals surface area contributed by atoms with Gasteiger partial charge in [-0.1, -0.05) is 18.2 Å². The fourth-order valence-corrected chi connectivity index (χ4v) is 3.67. The molecule has 0 aliphatic carbocycles. The summed E-state index contributed by atoms with van der Waals surface area (Å²) in [5.41, 5.74) is 0.785. The predicted molar refractivity (Wildman–Crippen MR) is 105 cm³/mol. The van der Waals surface area contributed by atoms with Gasteiger partial charge in [0.25, 0.3) is 0 Å². The molecule has 2 atom stereocenters. The Morgan fingerprint density at radius 3 is 2.55 bits per heavy atom. The van der Waals surface area contributed by atoms with E-state index in [4.69, 9.17) is 23.4 Å². The lowest BCUT2D eigenvalue weighted by molar-refractivity contribution is -0.151. The highest BCUT2D eigenvalue weighted by molar-refractivity contribution is 5.88. The van der Waals surface area contributed by atoms with E-state index in [9.17, 15) is 9.59 Å². The maximum atomic E-state index is 12.9. The minimum absolute atomic E-state index is 0.197. The zero-order valence-corrected chi connectivity index (χ0v) is 16.3. The molecule has 1 aliphatic heterocycles. The van der Waals surface area contributed by atoms with Crippen LogP contribution in [0.5, 0.6) is 17.2 Å². The Labute approximate surface area is 166 Å². The zero-order chi connectivity index (χ0) is 20.5. The van der Waals surface area contributed by atoms with E-state index >= 15 is 0 Å². The van der Waals surface area contributed by atoms with Crippen LogP contribution in [0.15, 0.2) is 51.7 Å². The summed E-state index contributed by atoms with van der Waals surface area (Å²) >= 11 is 0. The largest absolute Gasteiger partial charge is 0.493 e. The van der Waals surface area contributed by atoms with Gasteiger partial charge in [0.2, 0.25) is 6.10 Å². The van der Waals surface area contributed by atoms with E-state index in [0.29, 0.717) is 33.8 Å². The topological polar surface area (TPSA) is 84.2 Å². The Balaban J connectivity index is 1.94. The van der Waals surface area contributed by atoms with Gasteiger partial charge in [0.1, 0.15) is 11.3 Å². The van der Waals surface area contributed by atoms with Crippen molar-refractivity contribution in [3.05, 3.63) is 64.0 Å². The number of carbonyl (C=O) groups is 1. The maximum Gasteiger partial charge on any atom is 0.348 e. The second kappa shape index (κ2) is 7.50. The molecule has 0 saturated carbocycles. The first-order valence-electron chi connectivity index (χ1n) is 9.20. The molecule has 150 valence electrons. The molecule has 1 aromatic heterocycles. The normalized spacial score (nSPS) is 17.5. The van der Waals surface area contributed by atoms with E-state index in [1.54, 1.807) is 43.3 Å². The zero-order valence-electron chi connectivity index (χ0n) is 16.3. The first-order chi connectivity index (χ1) is 14.1. The van der Waals surface area contributed by atoms with Gasteiger partial charge in [-0.2, -0.15) is 0 Å². The lowest BCUT2D eigenvalue weighted by atomic mass is 9.88. The van der Waals surface area contributed by atoms with Crippen molar-refractivity contribution in [2.45, 2.75) is 18.9 Å². The van der Waals surface area contributed by atoms with Crippen LogP contribution in [0.3, 0.4) is 0 Å². The average molecular weight is 396 g/mol. The van der Waals surface area contributed by atoms with Crippen LogP contribution in [0.4, 0.5) is 0 Å². The van der Waals surface area contributed by atoms with Crippen LogP contribution in [0.1, 0.15) is 24.0 Å². The molecule has 2 heterocycles. The van der Waals surface area contributed by atoms with Crippen molar-refractivity contribution in [3.63, 3.8) is 0 Å². The second-order valence-corrected chi connectivity index (χ2v) is 6.51. The first-order valence-corrected chi connectivity index (χ1v) is 9.20. The number of hydrogen-bond donors (Lipinski definition) is 0. The van der Waals surface area contributed by atoms with E-state index < -0.39 is 23.6 Å². The number of para-hydroxylation sites is 1. The number of benzene rings is 2. The van der Waals surface area contributed by atoms with Gasteiger partial charge in [0, 0.05) is 0 Å². The molecule has 0 spiro atoms. The summed E-state index contributed by atoms with van der Waals surface area (Å²) < 4.78 is 27.4. The highest BCUT2D eigenvalue weighted by atomic mass is 16.6. The quantitative estimate of drug-likeness (QED) is 0.483. The monoisotopic (exact) mass is 396 g/mol. The van der Waals surface area contributed by atoms with Gasteiger partial charge in [-0.05, 0) is 36.8 Å². The molecule has 3 aromatic rings. The summed E-state index contributed by atoms with van der Waals surface area (Å²) in [6.07, 6.45) is -1.02. The Morgan fingerprint density at radius 1 is 1.07 bits per heavy atom. The summed E-state index contributed by atoms with van der Waals surface area (Å²) in [7, 11) is 3.05. The van der Waals surface area contributed by atoms with Crippen LogP contribution in [-0.4, -0.2) is 32.9 Å². The van der Waals surface area contributed by atoms with Crippen molar-refractivity contribution in [1.29, 1.82) is 0 Å². The van der Waals surface area contributed by atoms with E-state index in [1.165, 1.54) is 14.2 Å². The molecule has 4 rings (SSSR count). The number of carbonyl (C=O) groups excluding carboxylic acids is 1. The molecule has 29 heavy (non-hydrogen) atoms. The van der Waals surface area contributed by atoms with Gasteiger partial charge in [-0.15, -0.1) is 0 Å². The lowest BCUT2D eigenvalue weighted by Gasteiger charge is -2.18. The van der Waals surface area contributed by atoms with Crippen LogP contribution < -0.4 is 19.8 Å². The summed E-state index contributed by atoms with van der Waals surface area (Å²) in [6, 6.07) is 12.3. The molecule has 0 amide bonds. The summed E-state index contributed by atoms with van der Waals surface area (Å²) in [5.74, 6) is 0.103. The highest BCUT2D eigenvalue weighted by Crippen LogP contribution is 2.45. The van der Waals surface area contributed by atoms with Crippen molar-refractivity contribution in [3.8, 4) is 17.2 Å². The fourth-order valence-electron chi connectivity index (χ4n) is 3.67. The minimum Gasteiger partial charge on any atom is -0.493 e. The number of fused-ring (bicyclic) bond motifs is 3. The van der Waals surface area contributed by atoms with Gasteiger partial charge in [-0.3, -0.25) is 0 Å². The Bertz CT molecular complexity index is 1130.